The van der Waals surface area contributed by atoms with Crippen molar-refractivity contribution in [3.8, 4) is 11.5 Å². The molecular formula is C9H12N2O2. The van der Waals surface area contributed by atoms with Crippen molar-refractivity contribution in [2.45, 2.75) is 0 Å². The molecule has 0 amide bonds. The molecule has 0 aliphatic rings. The molecule has 3 N–H and O–H groups in total. The summed E-state index contributed by atoms with van der Waals surface area (Å²) in [7, 11) is 1.64. The number of aromatic amines is 2. The first-order valence-electron chi connectivity index (χ1n) is 3.81. The van der Waals surface area contributed by atoms with Crippen LogP contribution in [0.5, 0.6) is 11.5 Å². The van der Waals surface area contributed by atoms with Crippen LogP contribution in [-0.4, -0.2) is 22.2 Å². The van der Waals surface area contributed by atoms with Crippen LogP contribution in [0.25, 0.3) is 0 Å². The Balaban J connectivity index is 0.000000132. The van der Waals surface area contributed by atoms with Gasteiger partial charge in [-0.15, -0.1) is 0 Å². The van der Waals surface area contributed by atoms with E-state index in [1.54, 1.807) is 25.6 Å². The monoisotopic (exact) mass is 180 g/mol. The smallest absolute Gasteiger partial charge is 0.136 e. The normalized spacial score (nSPS) is 8.69. The van der Waals surface area contributed by atoms with Gasteiger partial charge >= 0.3 is 0 Å². The molecule has 2 aromatic heterocycles. The topological polar surface area (TPSA) is 61.0 Å². The molecule has 0 saturated carbocycles. The highest BCUT2D eigenvalue weighted by Gasteiger charge is 1.81. The zero-order valence-corrected chi connectivity index (χ0v) is 7.32. The number of rotatable bonds is 1. The molecule has 2 heterocycles. The highest BCUT2D eigenvalue weighted by atomic mass is 16.5. The highest BCUT2D eigenvalue weighted by molar-refractivity contribution is 5.14. The van der Waals surface area contributed by atoms with E-state index in [0.29, 0.717) is 0 Å². The number of ether oxygens (including phenoxy) is 1. The van der Waals surface area contributed by atoms with Gasteiger partial charge in [0, 0.05) is 24.8 Å². The fraction of sp³-hybridized carbons (Fsp3) is 0.111. The van der Waals surface area contributed by atoms with E-state index in [-0.39, 0.29) is 5.75 Å². The van der Waals surface area contributed by atoms with Crippen molar-refractivity contribution < 1.29 is 9.84 Å². The van der Waals surface area contributed by atoms with E-state index >= 15 is 0 Å². The molecule has 0 radical (unpaired) electrons. The van der Waals surface area contributed by atoms with E-state index in [4.69, 9.17) is 9.84 Å². The molecule has 0 saturated heterocycles. The average Bonchev–Trinajstić information content (AvgIpc) is 2.76. The van der Waals surface area contributed by atoms with Crippen LogP contribution in [0.3, 0.4) is 0 Å². The summed E-state index contributed by atoms with van der Waals surface area (Å²) in [6, 6.07) is 3.44. The lowest BCUT2D eigenvalue weighted by Crippen LogP contribution is -1.75. The summed E-state index contributed by atoms with van der Waals surface area (Å²) in [5.74, 6) is 1.16. The van der Waals surface area contributed by atoms with Gasteiger partial charge in [0.1, 0.15) is 11.5 Å². The Morgan fingerprint density at radius 2 is 1.85 bits per heavy atom. The molecule has 13 heavy (non-hydrogen) atoms. The number of methoxy groups -OCH3 is 1. The first-order chi connectivity index (χ1) is 6.33. The Kier molecular flexibility index (Phi) is 3.50. The summed E-state index contributed by atoms with van der Waals surface area (Å²) in [5, 5.41) is 8.44. The third-order valence-corrected chi connectivity index (χ3v) is 1.39. The maximum Gasteiger partial charge on any atom is 0.136 e. The molecular weight excluding hydrogens is 168 g/mol. The Morgan fingerprint density at radius 3 is 2.08 bits per heavy atom. The second-order valence-electron chi connectivity index (χ2n) is 2.32. The van der Waals surface area contributed by atoms with Gasteiger partial charge in [-0.3, -0.25) is 0 Å². The molecule has 0 unspecified atom stereocenters. The van der Waals surface area contributed by atoms with Crippen LogP contribution in [0.4, 0.5) is 0 Å². The molecule has 4 heteroatoms. The molecule has 0 atom stereocenters. The predicted molar refractivity (Wildman–Crippen MR) is 49.8 cm³/mol. The van der Waals surface area contributed by atoms with E-state index in [9.17, 15) is 0 Å². The van der Waals surface area contributed by atoms with Gasteiger partial charge < -0.3 is 19.8 Å². The van der Waals surface area contributed by atoms with Crippen LogP contribution in [0, 0.1) is 0 Å². The maximum atomic E-state index is 8.44. The Morgan fingerprint density at radius 1 is 1.15 bits per heavy atom. The lowest BCUT2D eigenvalue weighted by Gasteiger charge is -1.86. The third-order valence-electron chi connectivity index (χ3n) is 1.39. The van der Waals surface area contributed by atoms with Gasteiger partial charge in [0.05, 0.1) is 7.11 Å². The van der Waals surface area contributed by atoms with Crippen molar-refractivity contribution in [1.29, 1.82) is 0 Å². The molecule has 0 aliphatic carbocycles. The zero-order chi connectivity index (χ0) is 9.52. The first kappa shape index (κ1) is 9.25. The Bertz CT molecular complexity index is 300. The van der Waals surface area contributed by atoms with Crippen molar-refractivity contribution in [2.75, 3.05) is 7.11 Å². The van der Waals surface area contributed by atoms with Crippen LogP contribution in [-0.2, 0) is 0 Å². The molecule has 70 valence electrons. The Hall–Kier alpha value is -1.84. The van der Waals surface area contributed by atoms with Gasteiger partial charge in [-0.25, -0.2) is 0 Å². The fourth-order valence-electron chi connectivity index (χ4n) is 0.751. The SMILES string of the molecule is COc1cc[nH]c1.Oc1cc[nH]c1. The number of aromatic hydroxyl groups is 1. The van der Waals surface area contributed by atoms with Crippen molar-refractivity contribution in [3.63, 3.8) is 0 Å². The largest absolute Gasteiger partial charge is 0.506 e. The lowest BCUT2D eigenvalue weighted by atomic mass is 10.6. The van der Waals surface area contributed by atoms with E-state index in [0.717, 1.165) is 5.75 Å². The molecule has 0 spiro atoms. The minimum atomic E-state index is 0.287. The number of hydrogen-bond donors (Lipinski definition) is 3. The summed E-state index contributed by atoms with van der Waals surface area (Å²) in [5.41, 5.74) is 0. The van der Waals surface area contributed by atoms with Crippen LogP contribution in [0.2, 0.25) is 0 Å². The summed E-state index contributed by atoms with van der Waals surface area (Å²) in [4.78, 5) is 5.54. The van der Waals surface area contributed by atoms with Gasteiger partial charge in [0.25, 0.3) is 0 Å². The van der Waals surface area contributed by atoms with Gasteiger partial charge in [0.2, 0.25) is 0 Å². The number of hydrogen-bond acceptors (Lipinski definition) is 2. The van der Waals surface area contributed by atoms with Gasteiger partial charge in [0.15, 0.2) is 0 Å². The van der Waals surface area contributed by atoms with Crippen LogP contribution in [0.15, 0.2) is 36.9 Å². The van der Waals surface area contributed by atoms with Gasteiger partial charge in [-0.2, -0.15) is 0 Å². The number of aromatic nitrogens is 2. The third kappa shape index (κ3) is 3.37. The minimum Gasteiger partial charge on any atom is -0.506 e. The van der Waals surface area contributed by atoms with E-state index in [2.05, 4.69) is 9.97 Å². The minimum absolute atomic E-state index is 0.287. The molecule has 0 aliphatic heterocycles. The highest BCUT2D eigenvalue weighted by Crippen LogP contribution is 2.03. The maximum absolute atomic E-state index is 8.44. The van der Waals surface area contributed by atoms with Crippen LogP contribution in [0.1, 0.15) is 0 Å². The van der Waals surface area contributed by atoms with Crippen molar-refractivity contribution >= 4 is 0 Å². The number of nitrogens with one attached hydrogen (secondary N) is 2. The summed E-state index contributed by atoms with van der Waals surface area (Å²) in [6.45, 7) is 0. The zero-order valence-electron chi connectivity index (χ0n) is 7.32. The van der Waals surface area contributed by atoms with Crippen molar-refractivity contribution in [2.24, 2.45) is 0 Å². The number of H-pyrrole nitrogens is 2. The lowest BCUT2D eigenvalue weighted by molar-refractivity contribution is 0.415. The standard InChI is InChI=1S/C5H7NO.C4H5NO/c1-7-5-2-3-6-4-5;6-4-1-2-5-3-4/h2-4,6H,1H3;1-3,5-6H. The summed E-state index contributed by atoms with van der Waals surface area (Å²) >= 11 is 0. The molecule has 2 aromatic rings. The van der Waals surface area contributed by atoms with Crippen LogP contribution < -0.4 is 4.74 Å². The molecule has 0 bridgehead atoms. The van der Waals surface area contributed by atoms with E-state index in [1.165, 1.54) is 6.20 Å². The first-order valence-corrected chi connectivity index (χ1v) is 3.81. The Labute approximate surface area is 76.2 Å². The van der Waals surface area contributed by atoms with Crippen LogP contribution >= 0.6 is 0 Å². The molecule has 0 aromatic carbocycles. The second-order valence-corrected chi connectivity index (χ2v) is 2.32. The summed E-state index contributed by atoms with van der Waals surface area (Å²) < 4.78 is 4.82. The second kappa shape index (κ2) is 4.92. The molecule has 2 rings (SSSR count). The van der Waals surface area contributed by atoms with Crippen molar-refractivity contribution in [1.82, 2.24) is 9.97 Å². The molecule has 0 fully saturated rings. The average molecular weight is 180 g/mol. The quantitative estimate of drug-likeness (QED) is 0.626. The molecule has 4 nitrogen and oxygen atoms in total. The fourth-order valence-corrected chi connectivity index (χ4v) is 0.751. The van der Waals surface area contributed by atoms with Crippen molar-refractivity contribution in [3.05, 3.63) is 36.9 Å². The predicted octanol–water partition coefficient (Wildman–Crippen LogP) is 1.74. The summed E-state index contributed by atoms with van der Waals surface area (Å²) in [6.07, 6.45) is 6.79. The van der Waals surface area contributed by atoms with Gasteiger partial charge in [-0.05, 0) is 12.1 Å². The van der Waals surface area contributed by atoms with E-state index in [1.807, 2.05) is 12.3 Å². The van der Waals surface area contributed by atoms with Gasteiger partial charge in [-0.1, -0.05) is 0 Å². The van der Waals surface area contributed by atoms with E-state index < -0.39 is 0 Å².